The number of urea groups is 1. The zero-order chi connectivity index (χ0) is 20.1. The van der Waals surface area contributed by atoms with E-state index in [1.54, 1.807) is 29.2 Å². The molecule has 0 bridgehead atoms. The molecule has 0 aliphatic rings. The van der Waals surface area contributed by atoms with E-state index in [1.807, 2.05) is 62.3 Å². The van der Waals surface area contributed by atoms with Crippen LogP contribution in [0.25, 0.3) is 5.69 Å². The molecule has 8 nitrogen and oxygen atoms in total. The molecule has 28 heavy (non-hydrogen) atoms. The second-order valence-corrected chi connectivity index (χ2v) is 6.79. The van der Waals surface area contributed by atoms with Gasteiger partial charge in [-0.2, -0.15) is 5.10 Å². The summed E-state index contributed by atoms with van der Waals surface area (Å²) in [5.74, 6) is 0.862. The molecule has 146 valence electrons. The van der Waals surface area contributed by atoms with Crippen LogP contribution >= 0.6 is 0 Å². The van der Waals surface area contributed by atoms with Gasteiger partial charge in [-0.3, -0.25) is 0 Å². The lowest BCUT2D eigenvalue weighted by Gasteiger charge is -2.26. The molecule has 0 aliphatic heterocycles. The predicted molar refractivity (Wildman–Crippen MR) is 108 cm³/mol. The van der Waals surface area contributed by atoms with Crippen molar-refractivity contribution < 1.29 is 4.79 Å². The van der Waals surface area contributed by atoms with Gasteiger partial charge in [-0.15, -0.1) is 0 Å². The number of pyridine rings is 1. The minimum atomic E-state index is -0.129. The van der Waals surface area contributed by atoms with Crippen LogP contribution in [-0.4, -0.2) is 51.8 Å². The fraction of sp³-hybridized carbons (Fsp3) is 0.300. The molecular formula is C20H25N7O. The molecule has 2 aromatic heterocycles. The van der Waals surface area contributed by atoms with Gasteiger partial charge in [0.15, 0.2) is 0 Å². The first-order valence-electron chi connectivity index (χ1n) is 9.03. The lowest BCUT2D eigenvalue weighted by molar-refractivity contribution is 0.194. The number of carbonyl (C=O) groups excluding carboxylic acids is 1. The Labute approximate surface area is 164 Å². The van der Waals surface area contributed by atoms with Crippen LogP contribution in [0.15, 0.2) is 55.2 Å². The van der Waals surface area contributed by atoms with E-state index >= 15 is 0 Å². The van der Waals surface area contributed by atoms with Crippen LogP contribution in [0.1, 0.15) is 24.1 Å². The summed E-state index contributed by atoms with van der Waals surface area (Å²) in [6, 6.07) is 11.6. The molecule has 1 unspecified atom stereocenters. The summed E-state index contributed by atoms with van der Waals surface area (Å²) in [6.45, 7) is 2.45. The molecule has 1 aromatic carbocycles. The molecule has 0 radical (unpaired) electrons. The number of rotatable bonds is 6. The maximum atomic E-state index is 12.6. The smallest absolute Gasteiger partial charge is 0.317 e. The van der Waals surface area contributed by atoms with E-state index in [9.17, 15) is 4.79 Å². The molecule has 0 saturated carbocycles. The number of aromatic nitrogens is 4. The summed E-state index contributed by atoms with van der Waals surface area (Å²) < 4.78 is 1.70. The molecule has 2 amide bonds. The Balaban J connectivity index is 1.60. The van der Waals surface area contributed by atoms with Crippen molar-refractivity contribution in [3.63, 3.8) is 0 Å². The third kappa shape index (κ3) is 4.46. The van der Waals surface area contributed by atoms with Crippen molar-refractivity contribution in [2.75, 3.05) is 26.0 Å². The first-order chi connectivity index (χ1) is 13.5. The van der Waals surface area contributed by atoms with Crippen molar-refractivity contribution >= 4 is 11.8 Å². The minimum absolute atomic E-state index is 0.0698. The maximum Gasteiger partial charge on any atom is 0.317 e. The van der Waals surface area contributed by atoms with E-state index < -0.39 is 0 Å². The van der Waals surface area contributed by atoms with Gasteiger partial charge in [0.2, 0.25) is 0 Å². The molecule has 3 rings (SSSR count). The Hall–Kier alpha value is -3.42. The molecule has 3 aromatic rings. The number of carbonyl (C=O) groups is 1. The normalized spacial score (nSPS) is 11.7. The lowest BCUT2D eigenvalue weighted by Crippen LogP contribution is -2.38. The Bertz CT molecular complexity index is 907. The van der Waals surface area contributed by atoms with Gasteiger partial charge < -0.3 is 15.1 Å². The summed E-state index contributed by atoms with van der Waals surface area (Å²) in [5.41, 5.74) is 2.97. The highest BCUT2D eigenvalue weighted by molar-refractivity contribution is 5.74. The summed E-state index contributed by atoms with van der Waals surface area (Å²) in [6.07, 6.45) is 4.90. The summed E-state index contributed by atoms with van der Waals surface area (Å²) in [7, 11) is 5.67. The Morgan fingerprint density at radius 2 is 1.93 bits per heavy atom. The Kier molecular flexibility index (Phi) is 5.88. The average molecular weight is 379 g/mol. The van der Waals surface area contributed by atoms with E-state index in [1.165, 1.54) is 6.33 Å². The first-order valence-corrected chi connectivity index (χ1v) is 9.03. The van der Waals surface area contributed by atoms with Gasteiger partial charge in [0, 0.05) is 33.9 Å². The SMILES string of the molecule is CC(c1ccc(-n2cncn2)cc1)N(C)C(=O)NCc1ccnc(N(C)C)c1. The van der Waals surface area contributed by atoms with Crippen LogP contribution in [0, 0.1) is 0 Å². The minimum Gasteiger partial charge on any atom is -0.363 e. The topological polar surface area (TPSA) is 79.2 Å². The van der Waals surface area contributed by atoms with E-state index in [0.29, 0.717) is 6.54 Å². The number of nitrogens with zero attached hydrogens (tertiary/aromatic N) is 6. The van der Waals surface area contributed by atoms with E-state index in [4.69, 9.17) is 0 Å². The molecule has 0 aliphatic carbocycles. The summed E-state index contributed by atoms with van der Waals surface area (Å²) in [4.78, 5) is 24.4. The third-order valence-electron chi connectivity index (χ3n) is 4.67. The van der Waals surface area contributed by atoms with E-state index in [2.05, 4.69) is 20.4 Å². The molecule has 0 spiro atoms. The fourth-order valence-electron chi connectivity index (χ4n) is 2.76. The van der Waals surface area contributed by atoms with Gasteiger partial charge in [0.05, 0.1) is 11.7 Å². The van der Waals surface area contributed by atoms with Crippen LogP contribution in [0.5, 0.6) is 0 Å². The molecule has 1 atom stereocenters. The summed E-state index contributed by atoms with van der Waals surface area (Å²) in [5, 5.41) is 7.09. The van der Waals surface area contributed by atoms with E-state index in [-0.39, 0.29) is 12.1 Å². The highest BCUT2D eigenvalue weighted by atomic mass is 16.2. The second-order valence-electron chi connectivity index (χ2n) is 6.79. The standard InChI is InChI=1S/C20H25N7O/c1-15(17-5-7-18(8-6-17)27-14-21-13-24-27)26(4)20(28)23-12-16-9-10-22-19(11-16)25(2)3/h5-11,13-15H,12H2,1-4H3,(H,23,28). The Morgan fingerprint density at radius 3 is 2.57 bits per heavy atom. The predicted octanol–water partition coefficient (Wildman–Crippen LogP) is 2.63. The number of anilines is 1. The van der Waals surface area contributed by atoms with Gasteiger partial charge in [-0.05, 0) is 42.3 Å². The van der Waals surface area contributed by atoms with Crippen LogP contribution in [0.2, 0.25) is 0 Å². The fourth-order valence-corrected chi connectivity index (χ4v) is 2.76. The van der Waals surface area contributed by atoms with Crippen molar-refractivity contribution in [3.8, 4) is 5.69 Å². The quantitative estimate of drug-likeness (QED) is 0.712. The van der Waals surface area contributed by atoms with Crippen molar-refractivity contribution in [2.45, 2.75) is 19.5 Å². The molecular weight excluding hydrogens is 354 g/mol. The van der Waals surface area contributed by atoms with Crippen molar-refractivity contribution in [1.29, 1.82) is 0 Å². The number of hydrogen-bond donors (Lipinski definition) is 1. The van der Waals surface area contributed by atoms with Crippen LogP contribution in [0.3, 0.4) is 0 Å². The van der Waals surface area contributed by atoms with Crippen LogP contribution in [-0.2, 0) is 6.54 Å². The lowest BCUT2D eigenvalue weighted by atomic mass is 10.1. The first kappa shape index (κ1) is 19.3. The van der Waals surface area contributed by atoms with E-state index in [0.717, 1.165) is 22.6 Å². The van der Waals surface area contributed by atoms with Gasteiger partial charge in [-0.25, -0.2) is 19.4 Å². The van der Waals surface area contributed by atoms with Gasteiger partial charge >= 0.3 is 6.03 Å². The maximum absolute atomic E-state index is 12.6. The third-order valence-corrected chi connectivity index (χ3v) is 4.67. The highest BCUT2D eigenvalue weighted by Crippen LogP contribution is 2.20. The highest BCUT2D eigenvalue weighted by Gasteiger charge is 2.17. The number of benzene rings is 1. The molecule has 0 saturated heterocycles. The zero-order valence-electron chi connectivity index (χ0n) is 16.6. The van der Waals surface area contributed by atoms with Crippen LogP contribution in [0.4, 0.5) is 10.6 Å². The zero-order valence-corrected chi connectivity index (χ0v) is 16.6. The second kappa shape index (κ2) is 8.51. The molecule has 0 fully saturated rings. The van der Waals surface area contributed by atoms with Crippen LogP contribution < -0.4 is 10.2 Å². The van der Waals surface area contributed by atoms with Gasteiger partial charge in [0.25, 0.3) is 0 Å². The van der Waals surface area contributed by atoms with Crippen molar-refractivity contribution in [2.24, 2.45) is 0 Å². The molecule has 1 N–H and O–H groups in total. The number of hydrogen-bond acceptors (Lipinski definition) is 5. The molecule has 8 heteroatoms. The molecule has 2 heterocycles. The van der Waals surface area contributed by atoms with Gasteiger partial charge in [-0.1, -0.05) is 12.1 Å². The Morgan fingerprint density at radius 1 is 1.18 bits per heavy atom. The summed E-state index contributed by atoms with van der Waals surface area (Å²) >= 11 is 0. The van der Waals surface area contributed by atoms with Crippen molar-refractivity contribution in [3.05, 3.63) is 66.4 Å². The number of nitrogens with one attached hydrogen (secondary N) is 1. The van der Waals surface area contributed by atoms with Gasteiger partial charge in [0.1, 0.15) is 18.5 Å². The number of amides is 2. The monoisotopic (exact) mass is 379 g/mol. The van der Waals surface area contributed by atoms with Crippen molar-refractivity contribution in [1.82, 2.24) is 30.0 Å². The largest absolute Gasteiger partial charge is 0.363 e. The average Bonchev–Trinajstić information content (AvgIpc) is 3.26.